The van der Waals surface area contributed by atoms with Gasteiger partial charge in [-0.2, -0.15) is 0 Å². The molecule has 5 heteroatoms. The fourth-order valence-electron chi connectivity index (χ4n) is 1.59. The first-order valence-corrected chi connectivity index (χ1v) is 5.37. The molecule has 5 nitrogen and oxygen atoms in total. The lowest BCUT2D eigenvalue weighted by molar-refractivity contribution is -0.112. The third kappa shape index (κ3) is 2.24. The van der Waals surface area contributed by atoms with E-state index in [4.69, 9.17) is 0 Å². The number of rotatable bonds is 3. The van der Waals surface area contributed by atoms with Crippen molar-refractivity contribution in [3.8, 4) is 5.69 Å². The summed E-state index contributed by atoms with van der Waals surface area (Å²) in [6.07, 6.45) is 2.38. The summed E-state index contributed by atoms with van der Waals surface area (Å²) in [5.74, 6) is -0.655. The summed E-state index contributed by atoms with van der Waals surface area (Å²) >= 11 is 0. The Kier molecular flexibility index (Phi) is 3.14. The maximum absolute atomic E-state index is 12.0. The first-order chi connectivity index (χ1) is 8.59. The SMILES string of the molecule is CC(=O)C=C(O)c1c[nH]n(-c2ccccc2)c1=O. The Bertz CT molecular complexity index is 650. The van der Waals surface area contributed by atoms with Crippen LogP contribution >= 0.6 is 0 Å². The predicted molar refractivity (Wildman–Crippen MR) is 67.7 cm³/mol. The van der Waals surface area contributed by atoms with Gasteiger partial charge in [-0.3, -0.25) is 14.7 Å². The molecule has 0 radical (unpaired) electrons. The molecule has 0 unspecified atom stereocenters. The molecule has 92 valence electrons. The van der Waals surface area contributed by atoms with Crippen LogP contribution < -0.4 is 5.56 Å². The molecule has 2 aromatic rings. The van der Waals surface area contributed by atoms with Crippen molar-refractivity contribution >= 4 is 11.5 Å². The molecule has 0 bridgehead atoms. The highest BCUT2D eigenvalue weighted by Crippen LogP contribution is 2.08. The van der Waals surface area contributed by atoms with E-state index in [2.05, 4.69) is 5.10 Å². The molecule has 0 atom stereocenters. The average Bonchev–Trinajstić information content (AvgIpc) is 2.71. The van der Waals surface area contributed by atoms with Crippen LogP contribution in [0.25, 0.3) is 11.4 Å². The summed E-state index contributed by atoms with van der Waals surface area (Å²) in [5.41, 5.74) is 0.314. The Morgan fingerprint density at radius 3 is 2.61 bits per heavy atom. The van der Waals surface area contributed by atoms with Crippen molar-refractivity contribution in [1.29, 1.82) is 0 Å². The van der Waals surface area contributed by atoms with Gasteiger partial charge in [-0.15, -0.1) is 0 Å². The van der Waals surface area contributed by atoms with E-state index < -0.39 is 5.56 Å². The van der Waals surface area contributed by atoms with E-state index in [-0.39, 0.29) is 17.1 Å². The van der Waals surface area contributed by atoms with Gasteiger partial charge in [0.2, 0.25) is 0 Å². The number of hydrogen-bond acceptors (Lipinski definition) is 3. The zero-order chi connectivity index (χ0) is 13.1. The van der Waals surface area contributed by atoms with Gasteiger partial charge in [0, 0.05) is 12.3 Å². The van der Waals surface area contributed by atoms with Crippen molar-refractivity contribution in [3.63, 3.8) is 0 Å². The van der Waals surface area contributed by atoms with Crippen molar-refractivity contribution in [2.24, 2.45) is 0 Å². The van der Waals surface area contributed by atoms with Gasteiger partial charge >= 0.3 is 0 Å². The van der Waals surface area contributed by atoms with Gasteiger partial charge < -0.3 is 5.11 Å². The molecule has 1 aromatic carbocycles. The number of carbonyl (C=O) groups is 1. The second-order valence-corrected chi connectivity index (χ2v) is 3.80. The van der Waals surface area contributed by atoms with Crippen LogP contribution in [0.1, 0.15) is 12.5 Å². The van der Waals surface area contributed by atoms with Crippen molar-refractivity contribution in [1.82, 2.24) is 9.78 Å². The number of hydrogen-bond donors (Lipinski definition) is 2. The molecule has 0 fully saturated rings. The maximum atomic E-state index is 12.0. The normalized spacial score (nSPS) is 11.5. The summed E-state index contributed by atoms with van der Waals surface area (Å²) < 4.78 is 1.29. The van der Waals surface area contributed by atoms with E-state index in [0.717, 1.165) is 6.08 Å². The van der Waals surface area contributed by atoms with Gasteiger partial charge in [0.1, 0.15) is 11.3 Å². The molecule has 0 spiro atoms. The number of benzene rings is 1. The van der Waals surface area contributed by atoms with Crippen LogP contribution in [0.15, 0.2) is 47.4 Å². The smallest absolute Gasteiger partial charge is 0.282 e. The Balaban J connectivity index is 2.48. The van der Waals surface area contributed by atoms with Crippen LogP contribution in [0, 0.1) is 0 Å². The molecule has 1 heterocycles. The standard InChI is InChI=1S/C13H12N2O3/c1-9(16)7-12(17)11-8-14-15(13(11)18)10-5-3-2-4-6-10/h2-8,14,17H,1H3. The van der Waals surface area contributed by atoms with Crippen LogP contribution in [0.4, 0.5) is 0 Å². The zero-order valence-electron chi connectivity index (χ0n) is 9.75. The lowest BCUT2D eigenvalue weighted by atomic mass is 10.2. The molecule has 0 saturated carbocycles. The maximum Gasteiger partial charge on any atom is 0.282 e. The number of allylic oxidation sites excluding steroid dienone is 1. The van der Waals surface area contributed by atoms with Gasteiger partial charge in [0.15, 0.2) is 5.78 Å². The topological polar surface area (TPSA) is 75.1 Å². The molecule has 0 aliphatic carbocycles. The van der Waals surface area contributed by atoms with Gasteiger partial charge in [0.25, 0.3) is 5.56 Å². The van der Waals surface area contributed by atoms with Crippen molar-refractivity contribution in [2.45, 2.75) is 6.92 Å². The third-order valence-corrected chi connectivity index (χ3v) is 2.40. The molecule has 2 N–H and O–H groups in total. The Morgan fingerprint density at radius 1 is 1.33 bits per heavy atom. The van der Waals surface area contributed by atoms with Gasteiger partial charge in [-0.25, -0.2) is 4.68 Å². The van der Waals surface area contributed by atoms with E-state index in [1.807, 2.05) is 6.07 Å². The van der Waals surface area contributed by atoms with Crippen molar-refractivity contribution < 1.29 is 9.90 Å². The second-order valence-electron chi connectivity index (χ2n) is 3.80. The summed E-state index contributed by atoms with van der Waals surface area (Å²) in [4.78, 5) is 22.9. The van der Waals surface area contributed by atoms with E-state index >= 15 is 0 Å². The number of carbonyl (C=O) groups excluding carboxylic acids is 1. The van der Waals surface area contributed by atoms with Crippen LogP contribution in [0.5, 0.6) is 0 Å². The van der Waals surface area contributed by atoms with Crippen LogP contribution in [-0.4, -0.2) is 20.7 Å². The number of nitrogens with one attached hydrogen (secondary N) is 1. The second kappa shape index (κ2) is 4.75. The molecule has 18 heavy (non-hydrogen) atoms. The van der Waals surface area contributed by atoms with Crippen LogP contribution in [0.2, 0.25) is 0 Å². The summed E-state index contributed by atoms with van der Waals surface area (Å²) in [5, 5.41) is 12.4. The molecular weight excluding hydrogens is 232 g/mol. The monoisotopic (exact) mass is 244 g/mol. The number of aliphatic hydroxyl groups excluding tert-OH is 1. The number of nitrogens with zero attached hydrogens (tertiary/aromatic N) is 1. The molecule has 2 rings (SSSR count). The fourth-order valence-corrected chi connectivity index (χ4v) is 1.59. The average molecular weight is 244 g/mol. The minimum absolute atomic E-state index is 0.0639. The molecule has 1 aromatic heterocycles. The highest BCUT2D eigenvalue weighted by Gasteiger charge is 2.11. The lowest BCUT2D eigenvalue weighted by Gasteiger charge is -1.99. The van der Waals surface area contributed by atoms with Gasteiger partial charge in [-0.1, -0.05) is 18.2 Å². The summed E-state index contributed by atoms with van der Waals surface area (Å²) in [6.45, 7) is 1.30. The Hall–Kier alpha value is -2.56. The van der Waals surface area contributed by atoms with Crippen molar-refractivity contribution in [2.75, 3.05) is 0 Å². The molecule has 0 saturated heterocycles. The number of aliphatic hydroxyl groups is 1. The zero-order valence-corrected chi connectivity index (χ0v) is 9.75. The quantitative estimate of drug-likeness (QED) is 0.636. The molecule has 0 amide bonds. The van der Waals surface area contributed by atoms with E-state index in [1.165, 1.54) is 17.8 Å². The largest absolute Gasteiger partial charge is 0.507 e. The minimum atomic E-state index is -0.406. The van der Waals surface area contributed by atoms with Gasteiger partial charge in [-0.05, 0) is 19.1 Å². The number of para-hydroxylation sites is 1. The molecule has 0 aliphatic heterocycles. The van der Waals surface area contributed by atoms with E-state index in [0.29, 0.717) is 5.69 Å². The number of aromatic amines is 1. The van der Waals surface area contributed by atoms with Crippen LogP contribution in [-0.2, 0) is 4.79 Å². The third-order valence-electron chi connectivity index (χ3n) is 2.40. The highest BCUT2D eigenvalue weighted by molar-refractivity contribution is 5.93. The van der Waals surface area contributed by atoms with E-state index in [9.17, 15) is 14.7 Å². The minimum Gasteiger partial charge on any atom is -0.507 e. The fraction of sp³-hybridized carbons (Fsp3) is 0.0769. The first kappa shape index (κ1) is 11.9. The first-order valence-electron chi connectivity index (χ1n) is 5.37. The summed E-state index contributed by atoms with van der Waals surface area (Å²) in [7, 11) is 0. The lowest BCUT2D eigenvalue weighted by Crippen LogP contribution is -2.17. The Morgan fingerprint density at radius 2 is 2.00 bits per heavy atom. The Labute approximate surface area is 103 Å². The predicted octanol–water partition coefficient (Wildman–Crippen LogP) is 1.65. The van der Waals surface area contributed by atoms with E-state index in [1.54, 1.807) is 24.3 Å². The number of ketones is 1. The number of aromatic nitrogens is 2. The summed E-state index contributed by atoms with van der Waals surface area (Å²) in [6, 6.07) is 8.95. The number of H-pyrrole nitrogens is 1. The van der Waals surface area contributed by atoms with Crippen molar-refractivity contribution in [3.05, 3.63) is 58.5 Å². The molecule has 0 aliphatic rings. The molecular formula is C13H12N2O3. The highest BCUT2D eigenvalue weighted by atomic mass is 16.3. The van der Waals surface area contributed by atoms with Gasteiger partial charge in [0.05, 0.1) is 5.69 Å². The van der Waals surface area contributed by atoms with Crippen LogP contribution in [0.3, 0.4) is 0 Å².